The van der Waals surface area contributed by atoms with Crippen molar-refractivity contribution in [2.45, 2.75) is 18.6 Å². The van der Waals surface area contributed by atoms with Crippen LogP contribution in [0.4, 0.5) is 0 Å². The monoisotopic (exact) mass is 184 g/mol. The van der Waals surface area contributed by atoms with E-state index in [4.69, 9.17) is 5.14 Å². The summed E-state index contributed by atoms with van der Waals surface area (Å²) in [5, 5.41) is 5.25. The van der Waals surface area contributed by atoms with Crippen LogP contribution in [0, 0.1) is 0 Å². The van der Waals surface area contributed by atoms with Gasteiger partial charge in [-0.15, -0.1) is 0 Å². The molecule has 0 amide bonds. The van der Waals surface area contributed by atoms with Crippen LogP contribution in [0.1, 0.15) is 12.5 Å². The van der Waals surface area contributed by atoms with Crippen molar-refractivity contribution in [3.8, 4) is 0 Å². The van der Waals surface area contributed by atoms with Crippen LogP contribution in [0.3, 0.4) is 0 Å². The molecule has 0 saturated carbocycles. The zero-order valence-electron chi connectivity index (χ0n) is 6.93. The second kappa shape index (κ2) is 4.45. The van der Waals surface area contributed by atoms with E-state index in [2.05, 4.69) is 4.98 Å². The standard InChI is InChI=1S/C8H12N2OS/c1-7(12(9)11)6-8-2-4-10-5-3-8/h2-5,7H,6,9H2,1H3/t7-,12?/m0/s1. The van der Waals surface area contributed by atoms with Crippen molar-refractivity contribution in [1.82, 2.24) is 4.98 Å². The molecule has 1 aromatic rings. The molecule has 1 heterocycles. The number of nitrogens with zero attached hydrogens (tertiary/aromatic N) is 1. The number of hydrogen-bond acceptors (Lipinski definition) is 3. The first-order valence-corrected chi connectivity index (χ1v) is 5.01. The van der Waals surface area contributed by atoms with E-state index in [1.165, 1.54) is 0 Å². The average Bonchev–Trinajstić information content (AvgIpc) is 2.06. The first-order chi connectivity index (χ1) is 5.70. The van der Waals surface area contributed by atoms with E-state index in [1.807, 2.05) is 19.1 Å². The Kier molecular flexibility index (Phi) is 3.52. The van der Waals surface area contributed by atoms with E-state index in [1.54, 1.807) is 12.4 Å². The summed E-state index contributed by atoms with van der Waals surface area (Å²) in [5.74, 6) is 0. The van der Waals surface area contributed by atoms with Gasteiger partial charge in [0.1, 0.15) is 5.25 Å². The average molecular weight is 184 g/mol. The predicted molar refractivity (Wildman–Crippen MR) is 49.7 cm³/mol. The van der Waals surface area contributed by atoms with Crippen molar-refractivity contribution in [3.05, 3.63) is 30.1 Å². The van der Waals surface area contributed by atoms with Crippen molar-refractivity contribution in [2.24, 2.45) is 5.14 Å². The smallest absolute Gasteiger partial charge is 0.136 e. The second-order valence-electron chi connectivity index (χ2n) is 2.70. The second-order valence-corrected chi connectivity index (χ2v) is 4.16. The minimum atomic E-state index is -1.23. The molecular weight excluding hydrogens is 172 g/mol. The van der Waals surface area contributed by atoms with Crippen molar-refractivity contribution in [1.29, 1.82) is 0 Å². The molecule has 0 spiro atoms. The molecule has 1 rings (SSSR count). The van der Waals surface area contributed by atoms with Gasteiger partial charge in [-0.25, -0.2) is 0 Å². The molecule has 1 unspecified atom stereocenters. The van der Waals surface area contributed by atoms with Crippen LogP contribution >= 0.6 is 0 Å². The van der Waals surface area contributed by atoms with Crippen molar-refractivity contribution >= 4 is 11.4 Å². The van der Waals surface area contributed by atoms with Crippen LogP contribution in [0.15, 0.2) is 24.5 Å². The summed E-state index contributed by atoms with van der Waals surface area (Å²) < 4.78 is 10.8. The van der Waals surface area contributed by atoms with Gasteiger partial charge < -0.3 is 4.55 Å². The van der Waals surface area contributed by atoms with Gasteiger partial charge in [0, 0.05) is 30.2 Å². The molecule has 0 radical (unpaired) electrons. The SMILES string of the molecule is C[C@@H](Cc1ccncc1)[S+](N)[O-]. The lowest BCUT2D eigenvalue weighted by molar-refractivity contribution is 0.583. The minimum Gasteiger partial charge on any atom is -0.598 e. The highest BCUT2D eigenvalue weighted by Gasteiger charge is 2.12. The molecule has 12 heavy (non-hydrogen) atoms. The van der Waals surface area contributed by atoms with E-state index in [9.17, 15) is 4.55 Å². The van der Waals surface area contributed by atoms with Gasteiger partial charge in [0.2, 0.25) is 0 Å². The summed E-state index contributed by atoms with van der Waals surface area (Å²) in [6.45, 7) is 1.87. The number of nitrogens with two attached hydrogens (primary N) is 1. The Morgan fingerprint density at radius 2 is 2.17 bits per heavy atom. The zero-order chi connectivity index (χ0) is 8.97. The van der Waals surface area contributed by atoms with Gasteiger partial charge in [0.15, 0.2) is 0 Å². The Balaban J connectivity index is 2.53. The van der Waals surface area contributed by atoms with E-state index in [0.29, 0.717) is 0 Å². The first-order valence-electron chi connectivity index (χ1n) is 3.74. The lowest BCUT2D eigenvalue weighted by Gasteiger charge is -2.11. The predicted octanol–water partition coefficient (Wildman–Crippen LogP) is 0.635. The van der Waals surface area contributed by atoms with Gasteiger partial charge >= 0.3 is 0 Å². The molecule has 1 aromatic heterocycles. The highest BCUT2D eigenvalue weighted by molar-refractivity contribution is 7.89. The molecule has 0 bridgehead atoms. The molecule has 0 fully saturated rings. The Morgan fingerprint density at radius 1 is 1.58 bits per heavy atom. The first kappa shape index (κ1) is 9.51. The maximum Gasteiger partial charge on any atom is 0.136 e. The van der Waals surface area contributed by atoms with Crippen LogP contribution in [-0.4, -0.2) is 14.8 Å². The summed E-state index contributed by atoms with van der Waals surface area (Å²) >= 11 is -1.23. The topological polar surface area (TPSA) is 62.0 Å². The lowest BCUT2D eigenvalue weighted by atomic mass is 10.1. The van der Waals surface area contributed by atoms with Crippen molar-refractivity contribution < 1.29 is 4.55 Å². The van der Waals surface area contributed by atoms with E-state index in [-0.39, 0.29) is 5.25 Å². The maximum atomic E-state index is 10.8. The third-order valence-corrected chi connectivity index (χ3v) is 2.63. The van der Waals surface area contributed by atoms with Crippen LogP contribution < -0.4 is 5.14 Å². The summed E-state index contributed by atoms with van der Waals surface area (Å²) in [6, 6.07) is 3.81. The maximum absolute atomic E-state index is 10.8. The number of pyridine rings is 1. The normalized spacial score (nSPS) is 15.6. The van der Waals surface area contributed by atoms with Gasteiger partial charge in [-0.3, -0.25) is 4.98 Å². The number of hydrogen-bond donors (Lipinski definition) is 1. The zero-order valence-corrected chi connectivity index (χ0v) is 7.75. The highest BCUT2D eigenvalue weighted by Crippen LogP contribution is 2.05. The van der Waals surface area contributed by atoms with Crippen molar-refractivity contribution in [3.63, 3.8) is 0 Å². The molecular formula is C8H12N2OS. The molecule has 0 aromatic carbocycles. The van der Waals surface area contributed by atoms with Gasteiger partial charge in [-0.1, -0.05) is 0 Å². The molecule has 0 aliphatic carbocycles. The van der Waals surface area contributed by atoms with E-state index < -0.39 is 11.4 Å². The third kappa shape index (κ3) is 2.81. The van der Waals surface area contributed by atoms with Gasteiger partial charge in [-0.2, -0.15) is 5.14 Å². The van der Waals surface area contributed by atoms with Crippen molar-refractivity contribution in [2.75, 3.05) is 0 Å². The summed E-state index contributed by atoms with van der Waals surface area (Å²) in [7, 11) is 0. The molecule has 0 saturated heterocycles. The molecule has 0 aliphatic heterocycles. The van der Waals surface area contributed by atoms with Crippen LogP contribution in [-0.2, 0) is 17.8 Å². The fourth-order valence-electron chi connectivity index (χ4n) is 0.933. The Hall–Kier alpha value is -0.580. The fourth-order valence-corrected chi connectivity index (χ4v) is 1.29. The molecule has 66 valence electrons. The van der Waals surface area contributed by atoms with Gasteiger partial charge in [-0.05, 0) is 24.6 Å². The van der Waals surface area contributed by atoms with Gasteiger partial charge in [0.25, 0.3) is 0 Å². The Labute approximate surface area is 75.3 Å². The Morgan fingerprint density at radius 3 is 2.67 bits per heavy atom. The number of aromatic nitrogens is 1. The van der Waals surface area contributed by atoms with Gasteiger partial charge in [0.05, 0.1) is 0 Å². The van der Waals surface area contributed by atoms with E-state index >= 15 is 0 Å². The van der Waals surface area contributed by atoms with E-state index in [0.717, 1.165) is 12.0 Å². The molecule has 0 aliphatic rings. The molecule has 2 atom stereocenters. The Bertz CT molecular complexity index is 228. The lowest BCUT2D eigenvalue weighted by Crippen LogP contribution is -2.27. The fraction of sp³-hybridized carbons (Fsp3) is 0.375. The largest absolute Gasteiger partial charge is 0.598 e. The summed E-state index contributed by atoms with van der Waals surface area (Å²) in [5.41, 5.74) is 1.12. The molecule has 4 heteroatoms. The molecule has 3 nitrogen and oxygen atoms in total. The van der Waals surface area contributed by atoms with Crippen LogP contribution in [0.2, 0.25) is 0 Å². The van der Waals surface area contributed by atoms with Crippen LogP contribution in [0.5, 0.6) is 0 Å². The van der Waals surface area contributed by atoms with Crippen LogP contribution in [0.25, 0.3) is 0 Å². The summed E-state index contributed by atoms with van der Waals surface area (Å²) in [4.78, 5) is 3.89. The molecule has 2 N–H and O–H groups in total. The highest BCUT2D eigenvalue weighted by atomic mass is 32.2. The quantitative estimate of drug-likeness (QED) is 0.701. The third-order valence-electron chi connectivity index (χ3n) is 1.67. The summed E-state index contributed by atoms with van der Waals surface area (Å²) in [6.07, 6.45) is 4.19. The number of rotatable bonds is 3. The minimum absolute atomic E-state index is 0.00685.